The van der Waals surface area contributed by atoms with E-state index in [9.17, 15) is 0 Å². The van der Waals surface area contributed by atoms with E-state index in [1.165, 1.54) is 49.6 Å². The highest BCUT2D eigenvalue weighted by atomic mass is 14.7. The van der Waals surface area contributed by atoms with E-state index < -0.39 is 0 Å². The molecule has 1 heterocycles. The third-order valence-corrected chi connectivity index (χ3v) is 6.30. The second-order valence-electron chi connectivity index (χ2n) is 8.32. The number of nitrogens with one attached hydrogen (secondary N) is 1. The van der Waals surface area contributed by atoms with E-state index in [1.54, 1.807) is 0 Å². The summed E-state index contributed by atoms with van der Waals surface area (Å²) in [6.07, 6.45) is 2.18. The van der Waals surface area contributed by atoms with Crippen LogP contribution in [0, 0.1) is 0 Å². The lowest BCUT2D eigenvalue weighted by molar-refractivity contribution is 0.753. The van der Waals surface area contributed by atoms with Gasteiger partial charge in [0.1, 0.15) is 0 Å². The minimum Gasteiger partial charge on any atom is -0.355 e. The molecule has 1 atom stereocenters. The summed E-state index contributed by atoms with van der Waals surface area (Å²) in [6, 6.07) is 33.2. The van der Waals surface area contributed by atoms with Crippen LogP contribution in [0.4, 0.5) is 0 Å². The van der Waals surface area contributed by atoms with Crippen LogP contribution >= 0.6 is 0 Å². The summed E-state index contributed by atoms with van der Waals surface area (Å²) in [5.41, 5.74) is 7.94. The highest BCUT2D eigenvalue weighted by molar-refractivity contribution is 5.91. The van der Waals surface area contributed by atoms with Crippen molar-refractivity contribution in [3.63, 3.8) is 0 Å². The Kier molecular flexibility index (Phi) is 4.88. The van der Waals surface area contributed by atoms with Gasteiger partial charge in [-0.15, -0.1) is 0 Å². The van der Waals surface area contributed by atoms with E-state index in [2.05, 4.69) is 110 Å². The molecule has 5 rings (SSSR count). The predicted molar refractivity (Wildman–Crippen MR) is 129 cm³/mol. The average molecular weight is 390 g/mol. The third-order valence-electron chi connectivity index (χ3n) is 6.30. The number of benzene rings is 4. The number of hydrogen-bond donors (Lipinski definition) is 1. The molecule has 1 nitrogen and oxygen atoms in total. The quantitative estimate of drug-likeness (QED) is 0.314. The molecule has 5 aromatic rings. The van der Waals surface area contributed by atoms with Crippen molar-refractivity contribution in [3.05, 3.63) is 108 Å². The van der Waals surface area contributed by atoms with Crippen LogP contribution in [0.25, 0.3) is 32.9 Å². The lowest BCUT2D eigenvalue weighted by atomic mass is 9.89. The number of aromatic nitrogens is 1. The van der Waals surface area contributed by atoms with Crippen molar-refractivity contribution in [2.45, 2.75) is 32.6 Å². The maximum absolute atomic E-state index is 3.54. The molecule has 0 aliphatic heterocycles. The van der Waals surface area contributed by atoms with Gasteiger partial charge in [0.15, 0.2) is 0 Å². The third kappa shape index (κ3) is 3.52. The summed E-state index contributed by atoms with van der Waals surface area (Å²) in [6.45, 7) is 4.58. The van der Waals surface area contributed by atoms with Gasteiger partial charge in [0.05, 0.1) is 0 Å². The van der Waals surface area contributed by atoms with Crippen LogP contribution in [0.3, 0.4) is 0 Å². The zero-order chi connectivity index (χ0) is 20.5. The molecule has 0 spiro atoms. The minimum atomic E-state index is 0.496. The van der Waals surface area contributed by atoms with E-state index in [0.717, 1.165) is 12.8 Å². The lowest BCUT2D eigenvalue weighted by Gasteiger charge is -2.15. The molecule has 0 fully saturated rings. The zero-order valence-electron chi connectivity index (χ0n) is 17.7. The van der Waals surface area contributed by atoms with E-state index in [-0.39, 0.29) is 0 Å². The first kappa shape index (κ1) is 18.7. The molecular weight excluding hydrogens is 362 g/mol. The summed E-state index contributed by atoms with van der Waals surface area (Å²) >= 11 is 0. The molecule has 0 radical (unpaired) electrons. The molecule has 148 valence electrons. The Bertz CT molecular complexity index is 1290. The highest BCUT2D eigenvalue weighted by Gasteiger charge is 2.11. The van der Waals surface area contributed by atoms with Crippen molar-refractivity contribution < 1.29 is 0 Å². The van der Waals surface area contributed by atoms with Gasteiger partial charge in [0.25, 0.3) is 0 Å². The van der Waals surface area contributed by atoms with Crippen molar-refractivity contribution in [1.29, 1.82) is 0 Å². The lowest BCUT2D eigenvalue weighted by Crippen LogP contribution is -2.01. The van der Waals surface area contributed by atoms with Crippen molar-refractivity contribution in [3.8, 4) is 11.3 Å². The molecule has 0 aliphatic rings. The fourth-order valence-electron chi connectivity index (χ4n) is 4.52. The van der Waals surface area contributed by atoms with Crippen molar-refractivity contribution in [2.24, 2.45) is 0 Å². The van der Waals surface area contributed by atoms with Crippen LogP contribution in [0.2, 0.25) is 0 Å². The fourth-order valence-corrected chi connectivity index (χ4v) is 4.52. The van der Waals surface area contributed by atoms with Crippen LogP contribution in [0.15, 0.2) is 91.0 Å². The fraction of sp³-hybridized carbons (Fsp3) is 0.172. The summed E-state index contributed by atoms with van der Waals surface area (Å²) in [5, 5.41) is 3.85. The topological polar surface area (TPSA) is 15.8 Å². The zero-order valence-corrected chi connectivity index (χ0v) is 17.7. The summed E-state index contributed by atoms with van der Waals surface area (Å²) in [4.78, 5) is 3.54. The molecule has 0 saturated heterocycles. The number of aromatic amines is 1. The van der Waals surface area contributed by atoms with E-state index in [0.29, 0.717) is 5.92 Å². The van der Waals surface area contributed by atoms with Crippen LogP contribution in [-0.2, 0) is 12.8 Å². The van der Waals surface area contributed by atoms with Crippen LogP contribution < -0.4 is 0 Å². The number of rotatable bonds is 5. The van der Waals surface area contributed by atoms with Crippen LogP contribution in [0.5, 0.6) is 0 Å². The number of fused-ring (bicyclic) bond motifs is 2. The van der Waals surface area contributed by atoms with Gasteiger partial charge in [0.2, 0.25) is 0 Å². The summed E-state index contributed by atoms with van der Waals surface area (Å²) in [7, 11) is 0. The first-order chi connectivity index (χ1) is 14.7. The van der Waals surface area contributed by atoms with Gasteiger partial charge in [-0.2, -0.15) is 0 Å². The normalized spacial score (nSPS) is 12.5. The molecule has 0 amide bonds. The SMILES string of the molecule is CCc1ccccc1CC(C)c1ccc2cc(-c3cc4ccccc4[nH]3)ccc2c1. The first-order valence-corrected chi connectivity index (χ1v) is 10.9. The van der Waals surface area contributed by atoms with Crippen molar-refractivity contribution in [1.82, 2.24) is 4.98 Å². The van der Waals surface area contributed by atoms with E-state index >= 15 is 0 Å². The summed E-state index contributed by atoms with van der Waals surface area (Å²) in [5.74, 6) is 0.496. The number of hydrogen-bond acceptors (Lipinski definition) is 0. The Morgan fingerprint density at radius 3 is 2.27 bits per heavy atom. The highest BCUT2D eigenvalue weighted by Crippen LogP contribution is 2.30. The monoisotopic (exact) mass is 389 g/mol. The molecule has 30 heavy (non-hydrogen) atoms. The second kappa shape index (κ2) is 7.84. The van der Waals surface area contributed by atoms with Gasteiger partial charge < -0.3 is 4.98 Å². The standard InChI is InChI=1S/C29H27N/c1-3-21-8-4-5-9-23(21)16-20(2)22-12-13-25-18-27(15-14-24(25)17-22)29-19-26-10-6-7-11-28(26)30-29/h4-15,17-20,30H,3,16H2,1-2H3. The Labute approximate surface area is 178 Å². The summed E-state index contributed by atoms with van der Waals surface area (Å²) < 4.78 is 0. The molecule has 1 unspecified atom stereocenters. The van der Waals surface area contributed by atoms with Gasteiger partial charge in [0, 0.05) is 16.6 Å². The first-order valence-electron chi connectivity index (χ1n) is 10.9. The van der Waals surface area contributed by atoms with Crippen molar-refractivity contribution in [2.75, 3.05) is 0 Å². The molecule has 1 heteroatoms. The minimum absolute atomic E-state index is 0.496. The smallest absolute Gasteiger partial charge is 0.0464 e. The van der Waals surface area contributed by atoms with Gasteiger partial charge in [-0.05, 0) is 70.0 Å². The van der Waals surface area contributed by atoms with E-state index in [4.69, 9.17) is 0 Å². The molecular formula is C29H27N. The molecule has 0 bridgehead atoms. The van der Waals surface area contributed by atoms with Crippen molar-refractivity contribution >= 4 is 21.7 Å². The Morgan fingerprint density at radius 1 is 0.700 bits per heavy atom. The average Bonchev–Trinajstić information content (AvgIpc) is 3.23. The second-order valence-corrected chi connectivity index (χ2v) is 8.32. The van der Waals surface area contributed by atoms with Crippen LogP contribution in [0.1, 0.15) is 36.5 Å². The molecule has 0 aliphatic carbocycles. The van der Waals surface area contributed by atoms with Gasteiger partial charge in [-0.25, -0.2) is 0 Å². The molecule has 1 N–H and O–H groups in total. The Morgan fingerprint density at radius 2 is 1.43 bits per heavy atom. The largest absolute Gasteiger partial charge is 0.355 e. The van der Waals surface area contributed by atoms with E-state index in [1.807, 2.05) is 0 Å². The maximum Gasteiger partial charge on any atom is 0.0464 e. The number of aryl methyl sites for hydroxylation is 1. The van der Waals surface area contributed by atoms with Crippen LogP contribution in [-0.4, -0.2) is 4.98 Å². The number of para-hydroxylation sites is 1. The maximum atomic E-state index is 3.54. The van der Waals surface area contributed by atoms with Gasteiger partial charge in [-0.3, -0.25) is 0 Å². The predicted octanol–water partition coefficient (Wildman–Crippen LogP) is 7.90. The Hall–Kier alpha value is -3.32. The van der Waals surface area contributed by atoms with Gasteiger partial charge in [-0.1, -0.05) is 86.6 Å². The molecule has 4 aromatic carbocycles. The Balaban J connectivity index is 1.44. The number of H-pyrrole nitrogens is 1. The molecule has 1 aromatic heterocycles. The molecule has 0 saturated carbocycles. The van der Waals surface area contributed by atoms with Gasteiger partial charge >= 0.3 is 0 Å².